The highest BCUT2D eigenvalue weighted by atomic mass is 79.9. The second kappa shape index (κ2) is 4.89. The molecule has 21 heavy (non-hydrogen) atoms. The summed E-state index contributed by atoms with van der Waals surface area (Å²) in [5.41, 5.74) is 8.05. The largest absolute Gasteiger partial charge is 0.481 e. The van der Waals surface area contributed by atoms with Gasteiger partial charge < -0.3 is 19.7 Å². The van der Waals surface area contributed by atoms with Crippen LogP contribution in [0.25, 0.3) is 21.9 Å². The molecule has 0 radical (unpaired) electrons. The van der Waals surface area contributed by atoms with Crippen LogP contribution in [-0.4, -0.2) is 11.1 Å². The third kappa shape index (κ3) is 2.24. The SMILES string of the molecule is Cc1cc2c(C(N)CC(=O)O)c3oc(C)cc3c(Br)c2o1. The van der Waals surface area contributed by atoms with Crippen molar-refractivity contribution in [3.05, 3.63) is 33.7 Å². The van der Waals surface area contributed by atoms with E-state index < -0.39 is 12.0 Å². The Hall–Kier alpha value is -1.79. The van der Waals surface area contributed by atoms with E-state index in [1.165, 1.54) is 0 Å². The second-order valence-corrected chi connectivity index (χ2v) is 5.92. The molecule has 2 aromatic heterocycles. The molecular weight excluding hydrogens is 338 g/mol. The van der Waals surface area contributed by atoms with E-state index in [1.807, 2.05) is 26.0 Å². The van der Waals surface area contributed by atoms with Gasteiger partial charge >= 0.3 is 5.97 Å². The summed E-state index contributed by atoms with van der Waals surface area (Å²) in [5, 5.41) is 10.6. The number of aryl methyl sites for hydroxylation is 2. The predicted molar refractivity (Wildman–Crippen MR) is 82.3 cm³/mol. The predicted octanol–water partition coefficient (Wildman–Crippen LogP) is 4.03. The molecule has 0 aliphatic heterocycles. The molecule has 3 rings (SSSR count). The van der Waals surface area contributed by atoms with Crippen molar-refractivity contribution < 1.29 is 18.7 Å². The van der Waals surface area contributed by atoms with Crippen LogP contribution in [0.1, 0.15) is 29.5 Å². The minimum atomic E-state index is -0.949. The number of carbonyl (C=O) groups is 1. The van der Waals surface area contributed by atoms with Crippen molar-refractivity contribution in [1.82, 2.24) is 0 Å². The van der Waals surface area contributed by atoms with Gasteiger partial charge in [0.1, 0.15) is 22.7 Å². The molecular formula is C15H14BrNO4. The number of fused-ring (bicyclic) bond motifs is 2. The average Bonchev–Trinajstić information content (AvgIpc) is 2.92. The molecule has 6 heteroatoms. The molecule has 110 valence electrons. The van der Waals surface area contributed by atoms with Gasteiger partial charge in [-0.1, -0.05) is 0 Å². The topological polar surface area (TPSA) is 89.6 Å². The Bertz CT molecular complexity index is 804. The zero-order valence-corrected chi connectivity index (χ0v) is 13.2. The highest BCUT2D eigenvalue weighted by molar-refractivity contribution is 9.10. The van der Waals surface area contributed by atoms with Crippen LogP contribution in [0.15, 0.2) is 25.4 Å². The molecule has 0 amide bonds. The van der Waals surface area contributed by atoms with Crippen LogP contribution in [0.3, 0.4) is 0 Å². The molecule has 0 aliphatic carbocycles. The fourth-order valence-corrected chi connectivity index (χ4v) is 3.25. The number of nitrogens with two attached hydrogens (primary N) is 1. The maximum atomic E-state index is 11.0. The summed E-state index contributed by atoms with van der Waals surface area (Å²) in [6.45, 7) is 3.68. The molecule has 0 spiro atoms. The number of benzene rings is 1. The number of halogens is 1. The molecule has 3 N–H and O–H groups in total. The molecule has 1 aromatic carbocycles. The van der Waals surface area contributed by atoms with Gasteiger partial charge in [0.05, 0.1) is 10.9 Å². The molecule has 5 nitrogen and oxygen atoms in total. The van der Waals surface area contributed by atoms with E-state index in [4.69, 9.17) is 19.7 Å². The third-order valence-corrected chi connectivity index (χ3v) is 4.23. The lowest BCUT2D eigenvalue weighted by atomic mass is 9.98. The number of aliphatic carboxylic acids is 1. The highest BCUT2D eigenvalue weighted by Gasteiger charge is 2.24. The maximum absolute atomic E-state index is 11.0. The first kappa shape index (κ1) is 14.2. The van der Waals surface area contributed by atoms with Crippen molar-refractivity contribution in [2.24, 2.45) is 5.73 Å². The standard InChI is InChI=1S/C15H14BrNO4/c1-6-3-8-12(10(17)5-11(18)19)14-9(4-7(2)20-14)13(16)15(8)21-6/h3-4,10H,5,17H2,1-2H3,(H,18,19). The smallest absolute Gasteiger partial charge is 0.305 e. The molecule has 0 bridgehead atoms. The van der Waals surface area contributed by atoms with Crippen LogP contribution >= 0.6 is 15.9 Å². The van der Waals surface area contributed by atoms with Gasteiger partial charge in [-0.25, -0.2) is 0 Å². The van der Waals surface area contributed by atoms with E-state index in [0.717, 1.165) is 26.8 Å². The fourth-order valence-electron chi connectivity index (χ4n) is 2.66. The first-order valence-electron chi connectivity index (χ1n) is 6.47. The Morgan fingerprint density at radius 1 is 1.24 bits per heavy atom. The van der Waals surface area contributed by atoms with Crippen molar-refractivity contribution >= 4 is 43.8 Å². The lowest BCUT2D eigenvalue weighted by molar-refractivity contribution is -0.137. The van der Waals surface area contributed by atoms with E-state index in [2.05, 4.69) is 15.9 Å². The minimum absolute atomic E-state index is 0.171. The normalized spacial score (nSPS) is 13.1. The van der Waals surface area contributed by atoms with Gasteiger partial charge in [0.2, 0.25) is 0 Å². The summed E-state index contributed by atoms with van der Waals surface area (Å²) in [4.78, 5) is 11.0. The van der Waals surface area contributed by atoms with Crippen LogP contribution < -0.4 is 5.73 Å². The van der Waals surface area contributed by atoms with Crippen LogP contribution in [0, 0.1) is 13.8 Å². The van der Waals surface area contributed by atoms with Crippen molar-refractivity contribution in [2.75, 3.05) is 0 Å². The number of carboxylic acid groups (broad SMARTS) is 1. The Morgan fingerprint density at radius 2 is 1.81 bits per heavy atom. The number of rotatable bonds is 3. The Balaban J connectivity index is 2.41. The number of carboxylic acids is 1. The maximum Gasteiger partial charge on any atom is 0.305 e. The molecule has 0 aliphatic rings. The van der Waals surface area contributed by atoms with Crippen molar-refractivity contribution in [3.8, 4) is 0 Å². The van der Waals surface area contributed by atoms with Gasteiger partial charge in [0.25, 0.3) is 0 Å². The van der Waals surface area contributed by atoms with Gasteiger partial charge in [-0.15, -0.1) is 0 Å². The number of furan rings is 2. The summed E-state index contributed by atoms with van der Waals surface area (Å²) in [5.74, 6) is 0.521. The van der Waals surface area contributed by atoms with Gasteiger partial charge in [-0.05, 0) is 41.9 Å². The van der Waals surface area contributed by atoms with Gasteiger partial charge in [0, 0.05) is 22.4 Å². The first-order chi connectivity index (χ1) is 9.88. The van der Waals surface area contributed by atoms with Gasteiger partial charge in [-0.2, -0.15) is 0 Å². The van der Waals surface area contributed by atoms with E-state index in [0.29, 0.717) is 16.7 Å². The summed E-state index contributed by atoms with van der Waals surface area (Å²) in [6.07, 6.45) is -0.171. The molecule has 1 atom stereocenters. The minimum Gasteiger partial charge on any atom is -0.481 e. The lowest BCUT2D eigenvalue weighted by Crippen LogP contribution is -2.15. The van der Waals surface area contributed by atoms with Crippen LogP contribution in [0.5, 0.6) is 0 Å². The molecule has 1 unspecified atom stereocenters. The molecule has 3 aromatic rings. The Kier molecular flexibility index (Phi) is 3.30. The molecule has 0 saturated carbocycles. The van der Waals surface area contributed by atoms with Crippen LogP contribution in [0.2, 0.25) is 0 Å². The first-order valence-corrected chi connectivity index (χ1v) is 7.26. The lowest BCUT2D eigenvalue weighted by Gasteiger charge is -2.12. The highest BCUT2D eigenvalue weighted by Crippen LogP contribution is 2.41. The fraction of sp³-hybridized carbons (Fsp3) is 0.267. The van der Waals surface area contributed by atoms with Crippen molar-refractivity contribution in [1.29, 1.82) is 0 Å². The van der Waals surface area contributed by atoms with Gasteiger partial charge in [-0.3, -0.25) is 4.79 Å². The Morgan fingerprint density at radius 3 is 2.43 bits per heavy atom. The number of hydrogen-bond donors (Lipinski definition) is 2. The zero-order chi connectivity index (χ0) is 15.3. The zero-order valence-electron chi connectivity index (χ0n) is 11.6. The molecule has 2 heterocycles. The number of hydrogen-bond acceptors (Lipinski definition) is 4. The van der Waals surface area contributed by atoms with Crippen molar-refractivity contribution in [2.45, 2.75) is 26.3 Å². The Labute approximate surface area is 128 Å². The second-order valence-electron chi connectivity index (χ2n) is 5.13. The summed E-state index contributed by atoms with van der Waals surface area (Å²) in [7, 11) is 0. The molecule has 0 fully saturated rings. The molecule has 0 saturated heterocycles. The van der Waals surface area contributed by atoms with Crippen LogP contribution in [0.4, 0.5) is 0 Å². The summed E-state index contributed by atoms with van der Waals surface area (Å²) in [6, 6.07) is 3.07. The van der Waals surface area contributed by atoms with E-state index >= 15 is 0 Å². The average molecular weight is 352 g/mol. The third-order valence-electron chi connectivity index (χ3n) is 3.45. The summed E-state index contributed by atoms with van der Waals surface area (Å²) < 4.78 is 12.3. The van der Waals surface area contributed by atoms with E-state index in [1.54, 1.807) is 0 Å². The van der Waals surface area contributed by atoms with E-state index in [-0.39, 0.29) is 6.42 Å². The van der Waals surface area contributed by atoms with E-state index in [9.17, 15) is 4.79 Å². The monoisotopic (exact) mass is 351 g/mol. The summed E-state index contributed by atoms with van der Waals surface area (Å²) >= 11 is 3.53. The van der Waals surface area contributed by atoms with Crippen LogP contribution in [-0.2, 0) is 4.79 Å². The van der Waals surface area contributed by atoms with Crippen molar-refractivity contribution in [3.63, 3.8) is 0 Å². The van der Waals surface area contributed by atoms with Gasteiger partial charge in [0.15, 0.2) is 0 Å². The quantitative estimate of drug-likeness (QED) is 0.743.